The number of nitrogens with zero attached hydrogens (tertiary/aromatic N) is 1. The molecule has 0 aromatic rings. The smallest absolute Gasteiger partial charge is 0.184 e. The zero-order valence-electron chi connectivity index (χ0n) is 8.96. The van der Waals surface area contributed by atoms with Crippen molar-refractivity contribution in [1.29, 1.82) is 0 Å². The van der Waals surface area contributed by atoms with E-state index in [9.17, 15) is 10.0 Å². The summed E-state index contributed by atoms with van der Waals surface area (Å²) in [6.45, 7) is 5.37. The third-order valence-electron chi connectivity index (χ3n) is 2.36. The Morgan fingerprint density at radius 3 is 2.07 bits per heavy atom. The number of hydrogen-bond acceptors (Lipinski definition) is 3. The van der Waals surface area contributed by atoms with E-state index in [0.29, 0.717) is 11.1 Å². The van der Waals surface area contributed by atoms with Crippen molar-refractivity contribution in [2.45, 2.75) is 20.8 Å². The predicted molar refractivity (Wildman–Crippen MR) is 54.8 cm³/mol. The van der Waals surface area contributed by atoms with Crippen LogP contribution in [0.15, 0.2) is 34.6 Å². The van der Waals surface area contributed by atoms with Crippen molar-refractivity contribution in [3.63, 3.8) is 0 Å². The van der Waals surface area contributed by atoms with Crippen LogP contribution >= 0.6 is 0 Å². The number of carbonyl (C=O) groups is 1. The van der Waals surface area contributed by atoms with Crippen molar-refractivity contribution in [3.05, 3.63) is 34.6 Å². The number of hydroxylamine groups is 2. The summed E-state index contributed by atoms with van der Waals surface area (Å²) in [5, 5.41) is 10.3. The highest BCUT2D eigenvalue weighted by atomic mass is 16.5. The highest BCUT2D eigenvalue weighted by Gasteiger charge is 2.14. The Morgan fingerprint density at radius 2 is 1.71 bits per heavy atom. The fourth-order valence-electron chi connectivity index (χ4n) is 1.35. The molecule has 0 unspecified atom stereocenters. The number of hydrogen-bond donors (Lipinski definition) is 1. The monoisotopic (exact) mass is 193 g/mol. The molecule has 0 fully saturated rings. The molecule has 1 rings (SSSR count). The normalized spacial score (nSPS) is 16.4. The average Bonchev–Trinajstić information content (AvgIpc) is 2.12. The molecule has 0 spiro atoms. The molecule has 0 aromatic heterocycles. The van der Waals surface area contributed by atoms with Gasteiger partial charge in [0.25, 0.3) is 0 Å². The minimum atomic E-state index is 0.0714. The quantitative estimate of drug-likeness (QED) is 0.648. The number of carbonyl (C=O) groups excluding carboxylic acids is 1. The third-order valence-corrected chi connectivity index (χ3v) is 2.36. The Morgan fingerprint density at radius 1 is 1.29 bits per heavy atom. The van der Waals surface area contributed by atoms with E-state index in [-0.39, 0.29) is 5.78 Å². The second kappa shape index (κ2) is 3.80. The van der Waals surface area contributed by atoms with Crippen molar-refractivity contribution in [2.24, 2.45) is 0 Å². The summed E-state index contributed by atoms with van der Waals surface area (Å²) < 4.78 is 0. The molecule has 3 heteroatoms. The number of rotatable bonds is 1. The van der Waals surface area contributed by atoms with Crippen molar-refractivity contribution in [3.8, 4) is 0 Å². The molecule has 0 saturated heterocycles. The highest BCUT2D eigenvalue weighted by Crippen LogP contribution is 2.21. The first-order valence-corrected chi connectivity index (χ1v) is 4.48. The minimum absolute atomic E-state index is 0.0714. The van der Waals surface area contributed by atoms with E-state index in [1.807, 2.05) is 0 Å². The van der Waals surface area contributed by atoms with Gasteiger partial charge in [-0.15, -0.1) is 0 Å². The van der Waals surface area contributed by atoms with Crippen LogP contribution in [0.2, 0.25) is 0 Å². The van der Waals surface area contributed by atoms with Crippen LogP contribution in [-0.4, -0.2) is 23.1 Å². The van der Waals surface area contributed by atoms with E-state index < -0.39 is 0 Å². The molecule has 1 N–H and O–H groups in total. The molecule has 3 nitrogen and oxygen atoms in total. The number of allylic oxidation sites excluding steroid dienone is 6. The van der Waals surface area contributed by atoms with E-state index in [1.54, 1.807) is 40.0 Å². The van der Waals surface area contributed by atoms with Crippen LogP contribution in [0.3, 0.4) is 0 Å². The lowest BCUT2D eigenvalue weighted by atomic mass is 9.95. The Bertz CT molecular complexity index is 335. The molecule has 0 aromatic carbocycles. The fraction of sp³-hybridized carbons (Fsp3) is 0.364. The van der Waals surface area contributed by atoms with E-state index in [4.69, 9.17) is 0 Å². The highest BCUT2D eigenvalue weighted by molar-refractivity contribution is 6.09. The molecule has 0 radical (unpaired) electrons. The lowest BCUT2D eigenvalue weighted by molar-refractivity contribution is -0.112. The molecule has 14 heavy (non-hydrogen) atoms. The molecule has 0 amide bonds. The van der Waals surface area contributed by atoms with E-state index in [0.717, 1.165) is 16.3 Å². The number of ketones is 1. The molecule has 0 aliphatic heterocycles. The van der Waals surface area contributed by atoms with Gasteiger partial charge in [-0.3, -0.25) is 15.1 Å². The van der Waals surface area contributed by atoms with E-state index in [1.165, 1.54) is 0 Å². The summed E-state index contributed by atoms with van der Waals surface area (Å²) in [5.74, 6) is 0.0714. The summed E-state index contributed by atoms with van der Waals surface area (Å²) in [6.07, 6.45) is 3.58. The molecule has 76 valence electrons. The Hall–Kier alpha value is -1.35. The lowest BCUT2D eigenvalue weighted by Gasteiger charge is -2.16. The Balaban J connectivity index is 3.18. The number of Topliss-reactive ketones (excluding diaryl/α,β-unsaturated/α-hetero) is 1. The van der Waals surface area contributed by atoms with Gasteiger partial charge in [0.15, 0.2) is 5.78 Å². The van der Waals surface area contributed by atoms with Crippen LogP contribution in [0, 0.1) is 0 Å². The Labute approximate surface area is 84.0 Å². The van der Waals surface area contributed by atoms with Gasteiger partial charge in [-0.1, -0.05) is 0 Å². The third kappa shape index (κ3) is 1.93. The van der Waals surface area contributed by atoms with Crippen LogP contribution in [0.4, 0.5) is 0 Å². The van der Waals surface area contributed by atoms with Gasteiger partial charge in [0, 0.05) is 12.7 Å². The summed E-state index contributed by atoms with van der Waals surface area (Å²) >= 11 is 0. The van der Waals surface area contributed by atoms with Crippen LogP contribution in [0.1, 0.15) is 20.8 Å². The topological polar surface area (TPSA) is 40.5 Å². The summed E-state index contributed by atoms with van der Waals surface area (Å²) in [7, 11) is 1.56. The second-order valence-electron chi connectivity index (χ2n) is 3.55. The molecule has 1 aliphatic carbocycles. The molecule has 0 atom stereocenters. The average molecular weight is 193 g/mol. The zero-order chi connectivity index (χ0) is 10.9. The molecule has 0 heterocycles. The SMILES string of the molecule is CC1=CC(=C(C)N(C)O)C=C(C)C1=O. The van der Waals surface area contributed by atoms with Crippen molar-refractivity contribution in [2.75, 3.05) is 7.05 Å². The standard InChI is InChI=1S/C11H15NO2/c1-7-5-10(9(3)12(4)14)6-8(2)11(7)13/h5-6,14H,1-4H3. The van der Waals surface area contributed by atoms with Gasteiger partial charge in [0.05, 0.1) is 0 Å². The largest absolute Gasteiger partial charge is 0.289 e. The molecule has 1 aliphatic rings. The van der Waals surface area contributed by atoms with Crippen molar-refractivity contribution < 1.29 is 10.0 Å². The summed E-state index contributed by atoms with van der Waals surface area (Å²) in [5.41, 5.74) is 3.03. The van der Waals surface area contributed by atoms with Gasteiger partial charge in [-0.05, 0) is 49.6 Å². The van der Waals surface area contributed by atoms with Gasteiger partial charge in [-0.25, -0.2) is 0 Å². The summed E-state index contributed by atoms with van der Waals surface area (Å²) in [4.78, 5) is 11.4. The molecule has 0 bridgehead atoms. The van der Waals surface area contributed by atoms with Crippen LogP contribution in [-0.2, 0) is 4.79 Å². The first-order chi connectivity index (χ1) is 6.43. The minimum Gasteiger partial charge on any atom is -0.289 e. The molecule has 0 saturated carbocycles. The van der Waals surface area contributed by atoms with E-state index in [2.05, 4.69) is 0 Å². The maximum Gasteiger partial charge on any atom is 0.184 e. The van der Waals surface area contributed by atoms with Crippen LogP contribution < -0.4 is 0 Å². The molecular weight excluding hydrogens is 178 g/mol. The zero-order valence-corrected chi connectivity index (χ0v) is 8.96. The van der Waals surface area contributed by atoms with Gasteiger partial charge in [-0.2, -0.15) is 0 Å². The van der Waals surface area contributed by atoms with Gasteiger partial charge in [0.1, 0.15) is 0 Å². The maximum atomic E-state index is 11.4. The molecular formula is C11H15NO2. The van der Waals surface area contributed by atoms with Gasteiger partial charge in [0.2, 0.25) is 0 Å². The fourth-order valence-corrected chi connectivity index (χ4v) is 1.35. The van der Waals surface area contributed by atoms with Crippen LogP contribution in [0.5, 0.6) is 0 Å². The predicted octanol–water partition coefficient (Wildman–Crippen LogP) is 2.06. The summed E-state index contributed by atoms with van der Waals surface area (Å²) in [6, 6.07) is 0. The first-order valence-electron chi connectivity index (χ1n) is 4.48. The first kappa shape index (κ1) is 10.7. The lowest BCUT2D eigenvalue weighted by Crippen LogP contribution is -2.14. The van der Waals surface area contributed by atoms with Crippen molar-refractivity contribution >= 4 is 5.78 Å². The van der Waals surface area contributed by atoms with Gasteiger partial charge < -0.3 is 0 Å². The Kier molecular flexibility index (Phi) is 2.91. The van der Waals surface area contributed by atoms with Gasteiger partial charge >= 0.3 is 0 Å². The van der Waals surface area contributed by atoms with Crippen molar-refractivity contribution in [1.82, 2.24) is 5.06 Å². The van der Waals surface area contributed by atoms with Crippen LogP contribution in [0.25, 0.3) is 0 Å². The maximum absolute atomic E-state index is 11.4. The second-order valence-corrected chi connectivity index (χ2v) is 3.55. The van der Waals surface area contributed by atoms with E-state index >= 15 is 0 Å².